The van der Waals surface area contributed by atoms with E-state index >= 15 is 0 Å². The zero-order valence-electron chi connectivity index (χ0n) is 8.34. The van der Waals surface area contributed by atoms with Crippen molar-refractivity contribution in [1.29, 1.82) is 0 Å². The maximum absolute atomic E-state index is 11.0. The standard InChI is InChI=1S/C9H14N2O2/c1-5-10-9(11-8(4)13)6(2)7(3)12/h5H,1-4H3,(H,11,13). The van der Waals surface area contributed by atoms with Gasteiger partial charge in [-0.3, -0.25) is 9.59 Å². The first-order chi connectivity index (χ1) is 5.99. The highest BCUT2D eigenvalue weighted by atomic mass is 16.1. The van der Waals surface area contributed by atoms with Crippen LogP contribution < -0.4 is 5.32 Å². The third kappa shape index (κ3) is 4.20. The van der Waals surface area contributed by atoms with Crippen LogP contribution in [-0.4, -0.2) is 17.9 Å². The number of rotatable bonds is 3. The molecule has 0 atom stereocenters. The average Bonchev–Trinajstić information content (AvgIpc) is 2.01. The van der Waals surface area contributed by atoms with Crippen LogP contribution in [0.3, 0.4) is 0 Å². The number of hydrogen-bond donors (Lipinski definition) is 1. The summed E-state index contributed by atoms with van der Waals surface area (Å²) < 4.78 is 0. The number of carbonyl (C=O) groups excluding carboxylic acids is 2. The molecule has 0 rings (SSSR count). The van der Waals surface area contributed by atoms with Gasteiger partial charge in [0.05, 0.1) is 0 Å². The minimum absolute atomic E-state index is 0.102. The number of aliphatic imine (C=N–C) groups is 1. The Balaban J connectivity index is 4.87. The fourth-order valence-electron chi connectivity index (χ4n) is 0.685. The Labute approximate surface area is 77.7 Å². The molecule has 0 saturated heterocycles. The summed E-state index contributed by atoms with van der Waals surface area (Å²) in [6.07, 6.45) is 1.53. The highest BCUT2D eigenvalue weighted by Crippen LogP contribution is 2.02. The van der Waals surface area contributed by atoms with Crippen molar-refractivity contribution < 1.29 is 9.59 Å². The first-order valence-corrected chi connectivity index (χ1v) is 3.97. The van der Waals surface area contributed by atoms with Gasteiger partial charge in [-0.2, -0.15) is 0 Å². The maximum atomic E-state index is 11.0. The molecular formula is C9H14N2O2. The summed E-state index contributed by atoms with van der Waals surface area (Å²) in [5.41, 5.74) is 0.452. The molecule has 0 aliphatic rings. The predicted molar refractivity (Wildman–Crippen MR) is 51.4 cm³/mol. The predicted octanol–water partition coefficient (Wildman–Crippen LogP) is 1.03. The molecule has 0 unspecified atom stereocenters. The van der Waals surface area contributed by atoms with E-state index in [9.17, 15) is 9.59 Å². The summed E-state index contributed by atoms with van der Waals surface area (Å²) in [6.45, 7) is 6.15. The normalized spacial score (nSPS) is 12.6. The molecule has 0 heterocycles. The molecule has 0 aliphatic heterocycles. The van der Waals surface area contributed by atoms with E-state index in [0.717, 1.165) is 0 Å². The lowest BCUT2D eigenvalue weighted by atomic mass is 10.2. The van der Waals surface area contributed by atoms with Crippen molar-refractivity contribution in [2.75, 3.05) is 0 Å². The highest BCUT2D eigenvalue weighted by Gasteiger charge is 2.06. The molecule has 4 heteroatoms. The van der Waals surface area contributed by atoms with Crippen molar-refractivity contribution >= 4 is 17.9 Å². The Morgan fingerprint density at radius 3 is 2.08 bits per heavy atom. The van der Waals surface area contributed by atoms with Crippen LogP contribution in [0.25, 0.3) is 0 Å². The number of nitrogens with zero attached hydrogens (tertiary/aromatic N) is 1. The van der Waals surface area contributed by atoms with E-state index in [1.807, 2.05) is 0 Å². The Bertz CT molecular complexity index is 277. The summed E-state index contributed by atoms with van der Waals surface area (Å²) in [7, 11) is 0. The third-order valence-corrected chi connectivity index (χ3v) is 1.44. The third-order valence-electron chi connectivity index (χ3n) is 1.44. The molecule has 1 N–H and O–H groups in total. The Morgan fingerprint density at radius 1 is 1.23 bits per heavy atom. The summed E-state index contributed by atoms with van der Waals surface area (Å²) in [5, 5.41) is 2.48. The first kappa shape index (κ1) is 11.6. The summed E-state index contributed by atoms with van der Waals surface area (Å²) in [4.78, 5) is 25.6. The maximum Gasteiger partial charge on any atom is 0.222 e. The second kappa shape index (κ2) is 5.24. The van der Waals surface area contributed by atoms with Crippen molar-refractivity contribution in [3.63, 3.8) is 0 Å². The quantitative estimate of drug-likeness (QED) is 0.523. The molecule has 0 aromatic heterocycles. The van der Waals surface area contributed by atoms with E-state index in [1.54, 1.807) is 13.8 Å². The molecule has 0 saturated carbocycles. The number of hydrogen-bond acceptors (Lipinski definition) is 3. The van der Waals surface area contributed by atoms with Crippen LogP contribution in [0.1, 0.15) is 27.7 Å². The minimum atomic E-state index is -0.235. The largest absolute Gasteiger partial charge is 0.311 e. The van der Waals surface area contributed by atoms with Gasteiger partial charge in [-0.1, -0.05) is 0 Å². The monoisotopic (exact) mass is 182 g/mol. The highest BCUT2D eigenvalue weighted by molar-refractivity contribution is 5.94. The lowest BCUT2D eigenvalue weighted by molar-refractivity contribution is -0.118. The number of carbonyl (C=O) groups is 2. The minimum Gasteiger partial charge on any atom is -0.311 e. The Hall–Kier alpha value is -1.45. The number of nitrogens with one attached hydrogen (secondary N) is 1. The summed E-state index contributed by atoms with van der Waals surface area (Å²) in [5.74, 6) is -0.0157. The van der Waals surface area contributed by atoms with Gasteiger partial charge in [0.2, 0.25) is 5.91 Å². The second-order valence-electron chi connectivity index (χ2n) is 2.60. The molecule has 0 aromatic rings. The van der Waals surface area contributed by atoms with Gasteiger partial charge < -0.3 is 5.32 Å². The molecule has 4 nitrogen and oxygen atoms in total. The van der Waals surface area contributed by atoms with Crippen LogP contribution in [0.4, 0.5) is 0 Å². The van der Waals surface area contributed by atoms with Crippen molar-refractivity contribution in [2.45, 2.75) is 27.7 Å². The molecule has 0 bridgehead atoms. The lowest BCUT2D eigenvalue weighted by Crippen LogP contribution is -2.20. The van der Waals surface area contributed by atoms with Gasteiger partial charge >= 0.3 is 0 Å². The van der Waals surface area contributed by atoms with E-state index in [-0.39, 0.29) is 11.7 Å². The molecular weight excluding hydrogens is 168 g/mol. The van der Waals surface area contributed by atoms with E-state index < -0.39 is 0 Å². The van der Waals surface area contributed by atoms with Crippen LogP contribution in [0.15, 0.2) is 16.4 Å². The first-order valence-electron chi connectivity index (χ1n) is 3.97. The lowest BCUT2D eigenvalue weighted by Gasteiger charge is -2.04. The molecule has 0 fully saturated rings. The van der Waals surface area contributed by atoms with Crippen LogP contribution in [0.2, 0.25) is 0 Å². The van der Waals surface area contributed by atoms with E-state index in [0.29, 0.717) is 11.4 Å². The van der Waals surface area contributed by atoms with Gasteiger partial charge in [-0.05, 0) is 20.8 Å². The summed E-state index contributed by atoms with van der Waals surface area (Å²) >= 11 is 0. The SMILES string of the molecule is CC=NC(NC(C)=O)=C(C)C(C)=O. The average molecular weight is 182 g/mol. The van der Waals surface area contributed by atoms with Crippen molar-refractivity contribution in [1.82, 2.24) is 5.32 Å². The van der Waals surface area contributed by atoms with Crippen molar-refractivity contribution in [2.24, 2.45) is 4.99 Å². The second-order valence-corrected chi connectivity index (χ2v) is 2.60. The Morgan fingerprint density at radius 2 is 1.77 bits per heavy atom. The zero-order chi connectivity index (χ0) is 10.4. The van der Waals surface area contributed by atoms with E-state index in [2.05, 4.69) is 10.3 Å². The number of Topliss-reactive ketones (excluding diaryl/α,β-unsaturated/α-hetero) is 1. The van der Waals surface area contributed by atoms with Crippen molar-refractivity contribution in [3.8, 4) is 0 Å². The number of allylic oxidation sites excluding steroid dienone is 1. The van der Waals surface area contributed by atoms with Crippen molar-refractivity contribution in [3.05, 3.63) is 11.4 Å². The molecule has 0 aromatic carbocycles. The van der Waals surface area contributed by atoms with Gasteiger partial charge in [0.15, 0.2) is 5.78 Å². The van der Waals surface area contributed by atoms with Crippen LogP contribution in [0, 0.1) is 0 Å². The van der Waals surface area contributed by atoms with Gasteiger partial charge in [0.25, 0.3) is 0 Å². The smallest absolute Gasteiger partial charge is 0.222 e. The molecule has 0 radical (unpaired) electrons. The number of ketones is 1. The topological polar surface area (TPSA) is 58.5 Å². The van der Waals surface area contributed by atoms with Gasteiger partial charge in [-0.15, -0.1) is 0 Å². The molecule has 1 amide bonds. The van der Waals surface area contributed by atoms with Gasteiger partial charge in [-0.25, -0.2) is 4.99 Å². The fraction of sp³-hybridized carbons (Fsp3) is 0.444. The molecule has 72 valence electrons. The molecule has 0 spiro atoms. The van der Waals surface area contributed by atoms with E-state index in [4.69, 9.17) is 0 Å². The van der Waals surface area contributed by atoms with Crippen LogP contribution in [0.5, 0.6) is 0 Å². The summed E-state index contributed by atoms with van der Waals surface area (Å²) in [6, 6.07) is 0. The number of amides is 1. The Kier molecular flexibility index (Phi) is 4.66. The van der Waals surface area contributed by atoms with E-state index in [1.165, 1.54) is 20.1 Å². The van der Waals surface area contributed by atoms with Gasteiger partial charge in [0.1, 0.15) is 5.82 Å². The molecule has 13 heavy (non-hydrogen) atoms. The fourth-order valence-corrected chi connectivity index (χ4v) is 0.685. The van der Waals surface area contributed by atoms with Gasteiger partial charge in [0, 0.05) is 18.7 Å². The molecule has 0 aliphatic carbocycles. The zero-order valence-corrected chi connectivity index (χ0v) is 8.34. The van der Waals surface area contributed by atoms with Crippen LogP contribution >= 0.6 is 0 Å². The van der Waals surface area contributed by atoms with Crippen LogP contribution in [-0.2, 0) is 9.59 Å².